The maximum absolute atomic E-state index is 11.5. The number of H-pyrrole nitrogens is 1. The van der Waals surface area contributed by atoms with Crippen molar-refractivity contribution >= 4 is 15.8 Å². The van der Waals surface area contributed by atoms with Crippen molar-refractivity contribution < 1.29 is 18.3 Å². The molecule has 0 aromatic carbocycles. The summed E-state index contributed by atoms with van der Waals surface area (Å²) in [5, 5.41) is 8.45. The van der Waals surface area contributed by atoms with Gasteiger partial charge in [-0.3, -0.25) is 9.59 Å². The van der Waals surface area contributed by atoms with Gasteiger partial charge in [0.25, 0.3) is 5.56 Å². The van der Waals surface area contributed by atoms with Crippen molar-refractivity contribution in [1.82, 2.24) is 9.55 Å². The number of aliphatic carboxylic acids is 1. The number of carboxylic acid groups (broad SMARTS) is 1. The third-order valence-corrected chi connectivity index (χ3v) is 2.81. The van der Waals surface area contributed by atoms with Crippen LogP contribution in [0, 0.1) is 0 Å². The Morgan fingerprint density at radius 2 is 2.06 bits per heavy atom. The van der Waals surface area contributed by atoms with Gasteiger partial charge in [0.15, 0.2) is 9.84 Å². The van der Waals surface area contributed by atoms with E-state index in [4.69, 9.17) is 5.11 Å². The second-order valence-electron chi connectivity index (χ2n) is 3.02. The molecule has 16 heavy (non-hydrogen) atoms. The third-order valence-electron chi connectivity index (χ3n) is 1.72. The summed E-state index contributed by atoms with van der Waals surface area (Å²) in [5.74, 6) is -1.42. The van der Waals surface area contributed by atoms with Crippen molar-refractivity contribution in [2.24, 2.45) is 0 Å². The fourth-order valence-electron chi connectivity index (χ4n) is 1.04. The molecule has 0 amide bonds. The van der Waals surface area contributed by atoms with Crippen molar-refractivity contribution in [1.29, 1.82) is 0 Å². The Kier molecular flexibility index (Phi) is 2.99. The summed E-state index contributed by atoms with van der Waals surface area (Å²) >= 11 is 0. The fourth-order valence-corrected chi connectivity index (χ4v) is 1.74. The van der Waals surface area contributed by atoms with E-state index in [1.807, 2.05) is 4.98 Å². The molecule has 0 unspecified atom stereocenters. The molecule has 88 valence electrons. The highest BCUT2D eigenvalue weighted by Gasteiger charge is 2.17. The van der Waals surface area contributed by atoms with Crippen LogP contribution in [0.15, 0.2) is 20.7 Å². The van der Waals surface area contributed by atoms with Crippen molar-refractivity contribution in [2.45, 2.75) is 11.4 Å². The highest BCUT2D eigenvalue weighted by atomic mass is 32.2. The van der Waals surface area contributed by atoms with Crippen LogP contribution >= 0.6 is 0 Å². The maximum Gasteiger partial charge on any atom is 0.328 e. The second-order valence-corrected chi connectivity index (χ2v) is 5.00. The number of carbonyl (C=O) groups is 1. The van der Waals surface area contributed by atoms with E-state index in [1.54, 1.807) is 0 Å². The minimum Gasteiger partial charge on any atom is -0.480 e. The zero-order valence-corrected chi connectivity index (χ0v) is 8.94. The van der Waals surface area contributed by atoms with Crippen molar-refractivity contribution in [3.05, 3.63) is 27.0 Å². The lowest BCUT2D eigenvalue weighted by Gasteiger charge is -2.02. The molecular weight excluding hydrogens is 240 g/mol. The van der Waals surface area contributed by atoms with E-state index in [1.165, 1.54) is 0 Å². The Morgan fingerprint density at radius 1 is 1.50 bits per heavy atom. The van der Waals surface area contributed by atoms with Gasteiger partial charge >= 0.3 is 11.7 Å². The molecule has 0 aliphatic rings. The van der Waals surface area contributed by atoms with Crippen molar-refractivity contribution in [2.75, 3.05) is 6.26 Å². The monoisotopic (exact) mass is 248 g/mol. The van der Waals surface area contributed by atoms with Gasteiger partial charge in [-0.05, 0) is 0 Å². The van der Waals surface area contributed by atoms with E-state index in [2.05, 4.69) is 0 Å². The first-order chi connectivity index (χ1) is 7.23. The summed E-state index contributed by atoms with van der Waals surface area (Å²) in [6, 6.07) is 0. The van der Waals surface area contributed by atoms with Gasteiger partial charge in [-0.2, -0.15) is 0 Å². The van der Waals surface area contributed by atoms with Crippen LogP contribution in [0.5, 0.6) is 0 Å². The Bertz CT molecular complexity index is 638. The molecular formula is C7H8N2O6S. The van der Waals surface area contributed by atoms with E-state index in [-0.39, 0.29) is 0 Å². The van der Waals surface area contributed by atoms with Crippen LogP contribution in [-0.2, 0) is 21.2 Å². The number of hydrogen-bond acceptors (Lipinski definition) is 5. The number of aromatic amines is 1. The molecule has 1 aromatic heterocycles. The molecule has 0 saturated heterocycles. The standard InChI is InChI=1S/C7H8N2O6S/c1-16(14,15)4-2-8-7(13)9(6(4)12)3-5(10)11/h2H,3H2,1H3,(H,8,13)(H,10,11). The molecule has 0 saturated carbocycles. The first-order valence-electron chi connectivity index (χ1n) is 3.98. The van der Waals surface area contributed by atoms with Gasteiger partial charge in [0.2, 0.25) is 0 Å². The minimum atomic E-state index is -3.80. The number of carboxylic acids is 1. The predicted octanol–water partition coefficient (Wildman–Crippen LogP) is -1.98. The van der Waals surface area contributed by atoms with Gasteiger partial charge in [0.1, 0.15) is 11.4 Å². The smallest absolute Gasteiger partial charge is 0.328 e. The summed E-state index contributed by atoms with van der Waals surface area (Å²) in [4.78, 5) is 34.3. The van der Waals surface area contributed by atoms with Gasteiger partial charge in [-0.15, -0.1) is 0 Å². The average molecular weight is 248 g/mol. The van der Waals surface area contributed by atoms with Gasteiger partial charge in [0, 0.05) is 12.5 Å². The molecule has 9 heteroatoms. The van der Waals surface area contributed by atoms with Crippen LogP contribution in [-0.4, -0.2) is 35.3 Å². The summed E-state index contributed by atoms with van der Waals surface area (Å²) in [7, 11) is -3.80. The molecule has 1 heterocycles. The van der Waals surface area contributed by atoms with Crippen LogP contribution in [0.2, 0.25) is 0 Å². The third kappa shape index (κ3) is 2.37. The predicted molar refractivity (Wildman–Crippen MR) is 52.1 cm³/mol. The van der Waals surface area contributed by atoms with Gasteiger partial charge in [-0.1, -0.05) is 0 Å². The van der Waals surface area contributed by atoms with E-state index in [0.717, 1.165) is 12.5 Å². The van der Waals surface area contributed by atoms with Gasteiger partial charge in [-0.25, -0.2) is 17.8 Å². The van der Waals surface area contributed by atoms with E-state index in [9.17, 15) is 22.8 Å². The second kappa shape index (κ2) is 3.93. The van der Waals surface area contributed by atoms with Crippen molar-refractivity contribution in [3.63, 3.8) is 0 Å². The van der Waals surface area contributed by atoms with Crippen molar-refractivity contribution in [3.8, 4) is 0 Å². The zero-order chi connectivity index (χ0) is 12.5. The number of nitrogens with one attached hydrogen (secondary N) is 1. The normalized spacial score (nSPS) is 11.3. The molecule has 1 rings (SSSR count). The minimum absolute atomic E-state index is 0.304. The summed E-state index contributed by atoms with van der Waals surface area (Å²) < 4.78 is 22.5. The molecule has 1 aromatic rings. The van der Waals surface area contributed by atoms with Crippen LogP contribution < -0.4 is 11.2 Å². The Morgan fingerprint density at radius 3 is 2.50 bits per heavy atom. The number of sulfone groups is 1. The van der Waals surface area contributed by atoms with E-state index < -0.39 is 38.5 Å². The van der Waals surface area contributed by atoms with Crippen LogP contribution in [0.4, 0.5) is 0 Å². The van der Waals surface area contributed by atoms with E-state index in [0.29, 0.717) is 4.57 Å². The SMILES string of the molecule is CS(=O)(=O)c1c[nH]c(=O)n(CC(=O)O)c1=O. The Balaban J connectivity index is 3.58. The van der Waals surface area contributed by atoms with Gasteiger partial charge < -0.3 is 10.1 Å². The van der Waals surface area contributed by atoms with Crippen LogP contribution in [0.25, 0.3) is 0 Å². The fraction of sp³-hybridized carbons (Fsp3) is 0.286. The Hall–Kier alpha value is -1.90. The molecule has 0 fully saturated rings. The van der Waals surface area contributed by atoms with Gasteiger partial charge in [0.05, 0.1) is 0 Å². The topological polar surface area (TPSA) is 126 Å². The molecule has 0 atom stereocenters. The quantitative estimate of drug-likeness (QED) is 0.638. The summed E-state index contributed by atoms with van der Waals surface area (Å²) in [6.45, 7) is -0.891. The number of nitrogens with zero attached hydrogens (tertiary/aromatic N) is 1. The average Bonchev–Trinajstić information content (AvgIpc) is 2.09. The lowest BCUT2D eigenvalue weighted by atomic mass is 10.5. The molecule has 0 aliphatic heterocycles. The molecule has 0 aliphatic carbocycles. The van der Waals surface area contributed by atoms with E-state index >= 15 is 0 Å². The number of rotatable bonds is 3. The first kappa shape index (κ1) is 12.2. The molecule has 8 nitrogen and oxygen atoms in total. The molecule has 2 N–H and O–H groups in total. The highest BCUT2D eigenvalue weighted by molar-refractivity contribution is 7.90. The maximum atomic E-state index is 11.5. The molecule has 0 bridgehead atoms. The van der Waals surface area contributed by atoms with Crippen LogP contribution in [0.3, 0.4) is 0 Å². The lowest BCUT2D eigenvalue weighted by molar-refractivity contribution is -0.137. The molecule has 0 spiro atoms. The zero-order valence-electron chi connectivity index (χ0n) is 8.13. The summed E-state index contributed by atoms with van der Waals surface area (Å²) in [5.41, 5.74) is -2.12. The lowest BCUT2D eigenvalue weighted by Crippen LogP contribution is -2.39. The molecule has 0 radical (unpaired) electrons. The largest absolute Gasteiger partial charge is 0.480 e. The highest BCUT2D eigenvalue weighted by Crippen LogP contribution is 1.97. The number of hydrogen-bond donors (Lipinski definition) is 2. The summed E-state index contributed by atoms with van der Waals surface area (Å²) in [6.07, 6.45) is 1.53. The number of aromatic nitrogens is 2. The van der Waals surface area contributed by atoms with Crippen LogP contribution in [0.1, 0.15) is 0 Å². The first-order valence-corrected chi connectivity index (χ1v) is 5.87. The Labute approximate surface area is 89.1 Å².